The van der Waals surface area contributed by atoms with E-state index in [9.17, 15) is 14.4 Å². The molecule has 2 aromatic rings. The summed E-state index contributed by atoms with van der Waals surface area (Å²) >= 11 is 0. The van der Waals surface area contributed by atoms with Crippen molar-refractivity contribution in [1.82, 2.24) is 4.90 Å². The summed E-state index contributed by atoms with van der Waals surface area (Å²) in [5.74, 6) is -0.892. The minimum atomic E-state index is -0.716. The summed E-state index contributed by atoms with van der Waals surface area (Å²) in [6.45, 7) is 7.63. The van der Waals surface area contributed by atoms with E-state index in [0.29, 0.717) is 24.2 Å². The average Bonchev–Trinajstić information content (AvgIpc) is 3.19. The van der Waals surface area contributed by atoms with Gasteiger partial charge in [-0.2, -0.15) is 0 Å². The van der Waals surface area contributed by atoms with Crippen LogP contribution in [0.25, 0.3) is 0 Å². The first-order valence-corrected chi connectivity index (χ1v) is 10.6. The molecule has 0 saturated carbocycles. The number of nitrogens with one attached hydrogen (secondary N) is 1. The number of anilines is 1. The van der Waals surface area contributed by atoms with Crippen molar-refractivity contribution < 1.29 is 23.9 Å². The van der Waals surface area contributed by atoms with Gasteiger partial charge in [-0.15, -0.1) is 0 Å². The van der Waals surface area contributed by atoms with Crippen molar-refractivity contribution in [2.75, 3.05) is 19.0 Å². The fourth-order valence-electron chi connectivity index (χ4n) is 3.95. The monoisotopic (exact) mass is 438 g/mol. The molecule has 1 aliphatic rings. The third-order valence-electron chi connectivity index (χ3n) is 5.43. The first-order chi connectivity index (χ1) is 15.1. The van der Waals surface area contributed by atoms with Crippen molar-refractivity contribution in [2.24, 2.45) is 0 Å². The van der Waals surface area contributed by atoms with Crippen molar-refractivity contribution in [3.63, 3.8) is 0 Å². The number of carbonyl (C=O) groups is 3. The van der Waals surface area contributed by atoms with Crippen molar-refractivity contribution in [3.05, 3.63) is 65.2 Å². The lowest BCUT2D eigenvalue weighted by atomic mass is 9.91. The number of benzene rings is 2. The summed E-state index contributed by atoms with van der Waals surface area (Å²) in [7, 11) is 1.32. The van der Waals surface area contributed by atoms with Gasteiger partial charge in [0.05, 0.1) is 12.7 Å². The number of methoxy groups -OCH3 is 1. The lowest BCUT2D eigenvalue weighted by molar-refractivity contribution is -0.120. The minimum absolute atomic E-state index is 0.154. The maximum Gasteiger partial charge on any atom is 0.410 e. The van der Waals surface area contributed by atoms with Crippen molar-refractivity contribution in [3.8, 4) is 0 Å². The van der Waals surface area contributed by atoms with E-state index < -0.39 is 23.7 Å². The zero-order chi connectivity index (χ0) is 23.5. The van der Waals surface area contributed by atoms with Crippen LogP contribution in [0.1, 0.15) is 54.6 Å². The second kappa shape index (κ2) is 9.42. The molecule has 32 heavy (non-hydrogen) atoms. The number of esters is 1. The van der Waals surface area contributed by atoms with E-state index in [0.717, 1.165) is 11.1 Å². The molecule has 1 saturated heterocycles. The van der Waals surface area contributed by atoms with Crippen LogP contribution in [0.2, 0.25) is 0 Å². The first kappa shape index (κ1) is 23.3. The van der Waals surface area contributed by atoms with Gasteiger partial charge in [0.1, 0.15) is 11.6 Å². The number of ether oxygens (including phenoxy) is 2. The molecule has 2 aromatic carbocycles. The summed E-state index contributed by atoms with van der Waals surface area (Å²) in [5, 5.41) is 2.94. The van der Waals surface area contributed by atoms with Crippen molar-refractivity contribution in [2.45, 2.75) is 51.7 Å². The van der Waals surface area contributed by atoms with Crippen LogP contribution in [0.15, 0.2) is 48.5 Å². The lowest BCUT2D eigenvalue weighted by Gasteiger charge is -2.30. The van der Waals surface area contributed by atoms with Crippen LogP contribution >= 0.6 is 0 Å². The number of carbonyl (C=O) groups excluding carboxylic acids is 3. The van der Waals surface area contributed by atoms with Gasteiger partial charge in [-0.1, -0.05) is 30.3 Å². The molecule has 1 N–H and O–H groups in total. The number of hydrogen-bond acceptors (Lipinski definition) is 5. The van der Waals surface area contributed by atoms with E-state index in [1.54, 1.807) is 45.9 Å². The van der Waals surface area contributed by atoms with Crippen LogP contribution in [0, 0.1) is 6.92 Å². The highest BCUT2D eigenvalue weighted by atomic mass is 16.6. The second-order valence-corrected chi connectivity index (χ2v) is 8.93. The SMILES string of the molecule is COC(=O)c1ccc(NC(=O)[C@@H]2[C@H](c3ccccc3)CCN2C(=O)OC(C)(C)C)c(C)c1. The van der Waals surface area contributed by atoms with Gasteiger partial charge in [-0.05, 0) is 63.4 Å². The Labute approximate surface area is 188 Å². The van der Waals surface area contributed by atoms with E-state index in [1.165, 1.54) is 12.0 Å². The Morgan fingerprint density at radius 2 is 1.75 bits per heavy atom. The van der Waals surface area contributed by atoms with Gasteiger partial charge >= 0.3 is 12.1 Å². The zero-order valence-corrected chi connectivity index (χ0v) is 19.2. The summed E-state index contributed by atoms with van der Waals surface area (Å²) < 4.78 is 10.3. The van der Waals surface area contributed by atoms with Crippen LogP contribution in [-0.2, 0) is 14.3 Å². The Kier molecular flexibility index (Phi) is 6.87. The molecule has 170 valence electrons. The molecular weight excluding hydrogens is 408 g/mol. The fraction of sp³-hybridized carbons (Fsp3) is 0.400. The van der Waals surface area contributed by atoms with Crippen molar-refractivity contribution in [1.29, 1.82) is 0 Å². The second-order valence-electron chi connectivity index (χ2n) is 8.93. The van der Waals surface area contributed by atoms with Gasteiger partial charge in [0, 0.05) is 18.2 Å². The molecule has 1 aliphatic heterocycles. The highest BCUT2D eigenvalue weighted by Gasteiger charge is 2.44. The Morgan fingerprint density at radius 1 is 1.06 bits per heavy atom. The number of aryl methyl sites for hydroxylation is 1. The standard InChI is InChI=1S/C25H30N2O5/c1-16-15-18(23(29)31-5)11-12-20(16)26-22(28)21-19(17-9-7-6-8-10-17)13-14-27(21)24(30)32-25(2,3)4/h6-12,15,19,21H,13-14H2,1-5H3,(H,26,28)/t19-,21-/m0/s1. The van der Waals surface area contributed by atoms with Gasteiger partial charge < -0.3 is 14.8 Å². The quantitative estimate of drug-likeness (QED) is 0.710. The van der Waals surface area contributed by atoms with Crippen LogP contribution in [0.3, 0.4) is 0 Å². The molecule has 7 nitrogen and oxygen atoms in total. The van der Waals surface area contributed by atoms with Gasteiger partial charge in [0.15, 0.2) is 0 Å². The number of amides is 2. The zero-order valence-electron chi connectivity index (χ0n) is 19.2. The molecule has 1 fully saturated rings. The first-order valence-electron chi connectivity index (χ1n) is 10.6. The molecular formula is C25H30N2O5. The summed E-state index contributed by atoms with van der Waals surface area (Å²) in [4.78, 5) is 39.6. The average molecular weight is 439 g/mol. The maximum atomic E-state index is 13.5. The van der Waals surface area contributed by atoms with E-state index in [-0.39, 0.29) is 11.8 Å². The van der Waals surface area contributed by atoms with Gasteiger partial charge in [0.25, 0.3) is 0 Å². The molecule has 2 amide bonds. The van der Waals surface area contributed by atoms with E-state index in [1.807, 2.05) is 30.3 Å². The fourth-order valence-corrected chi connectivity index (χ4v) is 3.95. The van der Waals surface area contributed by atoms with Gasteiger partial charge in [0.2, 0.25) is 5.91 Å². The predicted molar refractivity (Wildman–Crippen MR) is 122 cm³/mol. The Hall–Kier alpha value is -3.35. The van der Waals surface area contributed by atoms with E-state index in [4.69, 9.17) is 9.47 Å². The summed E-state index contributed by atoms with van der Waals surface area (Å²) in [5.41, 5.74) is 2.03. The molecule has 0 radical (unpaired) electrons. The normalized spacial score (nSPS) is 18.2. The summed E-state index contributed by atoms with van der Waals surface area (Å²) in [6, 6.07) is 13.9. The Morgan fingerprint density at radius 3 is 2.34 bits per heavy atom. The minimum Gasteiger partial charge on any atom is -0.465 e. The number of nitrogens with zero attached hydrogens (tertiary/aromatic N) is 1. The van der Waals surface area contributed by atoms with Crippen molar-refractivity contribution >= 4 is 23.7 Å². The predicted octanol–water partition coefficient (Wildman–Crippen LogP) is 4.51. The topological polar surface area (TPSA) is 84.9 Å². The smallest absolute Gasteiger partial charge is 0.410 e. The Balaban J connectivity index is 1.88. The molecule has 1 heterocycles. The molecule has 2 atom stereocenters. The third kappa shape index (κ3) is 5.28. The largest absolute Gasteiger partial charge is 0.465 e. The van der Waals surface area contributed by atoms with Gasteiger partial charge in [-0.3, -0.25) is 9.69 Å². The highest BCUT2D eigenvalue weighted by Crippen LogP contribution is 2.35. The molecule has 0 spiro atoms. The molecule has 3 rings (SSSR count). The lowest BCUT2D eigenvalue weighted by Crippen LogP contribution is -2.47. The van der Waals surface area contributed by atoms with E-state index >= 15 is 0 Å². The third-order valence-corrected chi connectivity index (χ3v) is 5.43. The number of likely N-dealkylation sites (tertiary alicyclic amines) is 1. The maximum absolute atomic E-state index is 13.5. The molecule has 0 aliphatic carbocycles. The van der Waals surface area contributed by atoms with Crippen LogP contribution in [0.4, 0.5) is 10.5 Å². The molecule has 0 unspecified atom stereocenters. The van der Waals surface area contributed by atoms with Crippen LogP contribution < -0.4 is 5.32 Å². The van der Waals surface area contributed by atoms with E-state index in [2.05, 4.69) is 5.32 Å². The Bertz CT molecular complexity index is 997. The van der Waals surface area contributed by atoms with Gasteiger partial charge in [-0.25, -0.2) is 9.59 Å². The summed E-state index contributed by atoms with van der Waals surface area (Å²) in [6.07, 6.45) is 0.149. The molecule has 0 aromatic heterocycles. The molecule has 0 bridgehead atoms. The van der Waals surface area contributed by atoms with Crippen LogP contribution in [-0.4, -0.2) is 48.2 Å². The number of hydrogen-bond donors (Lipinski definition) is 1. The molecule has 7 heteroatoms. The highest BCUT2D eigenvalue weighted by molar-refractivity contribution is 5.99. The van der Waals surface area contributed by atoms with Crippen LogP contribution in [0.5, 0.6) is 0 Å². The number of rotatable bonds is 4.